The number of hydrogen-bond donors (Lipinski definition) is 1. The summed E-state index contributed by atoms with van der Waals surface area (Å²) in [4.78, 5) is 0. The lowest BCUT2D eigenvalue weighted by atomic mass is 10.2. The van der Waals surface area contributed by atoms with Gasteiger partial charge in [0.15, 0.2) is 0 Å². The van der Waals surface area contributed by atoms with Gasteiger partial charge < -0.3 is 10.5 Å². The molecule has 0 atom stereocenters. The molecule has 0 unspecified atom stereocenters. The highest BCUT2D eigenvalue weighted by Gasteiger charge is 2.07. The van der Waals surface area contributed by atoms with Gasteiger partial charge in [-0.25, -0.2) is 4.39 Å². The average molecular weight is 286 g/mol. The molecule has 2 nitrogen and oxygen atoms in total. The van der Waals surface area contributed by atoms with Crippen LogP contribution in [0, 0.1) is 5.82 Å². The first kappa shape index (κ1) is 13.0. The summed E-state index contributed by atoms with van der Waals surface area (Å²) in [5.41, 5.74) is 6.73. The van der Waals surface area contributed by atoms with Crippen LogP contribution in [-0.4, -0.2) is 0 Å². The summed E-state index contributed by atoms with van der Waals surface area (Å²) in [6.07, 6.45) is 0. The van der Waals surface area contributed by atoms with Gasteiger partial charge in [-0.15, -0.1) is 0 Å². The van der Waals surface area contributed by atoms with Gasteiger partial charge in [-0.3, -0.25) is 0 Å². The summed E-state index contributed by atoms with van der Waals surface area (Å²) in [5, 5.41) is 0.603. The van der Waals surface area contributed by atoms with Crippen LogP contribution in [0.25, 0.3) is 0 Å². The molecule has 2 aromatic carbocycles. The molecule has 0 radical (unpaired) electrons. The van der Waals surface area contributed by atoms with Crippen molar-refractivity contribution >= 4 is 28.9 Å². The fourth-order valence-electron chi connectivity index (χ4n) is 1.46. The monoisotopic (exact) mass is 285 g/mol. The van der Waals surface area contributed by atoms with Crippen molar-refractivity contribution in [2.45, 2.75) is 6.61 Å². The van der Waals surface area contributed by atoms with Crippen LogP contribution in [0.15, 0.2) is 36.4 Å². The molecule has 0 spiro atoms. The first-order valence-corrected chi connectivity index (χ1v) is 5.93. The van der Waals surface area contributed by atoms with Crippen molar-refractivity contribution in [1.29, 1.82) is 0 Å². The molecule has 18 heavy (non-hydrogen) atoms. The maximum absolute atomic E-state index is 13.1. The lowest BCUT2D eigenvalue weighted by Crippen LogP contribution is -1.99. The Balaban J connectivity index is 2.13. The van der Waals surface area contributed by atoms with Crippen LogP contribution >= 0.6 is 23.2 Å². The molecule has 2 rings (SSSR count). The van der Waals surface area contributed by atoms with E-state index in [9.17, 15) is 4.39 Å². The molecule has 2 N–H and O–H groups in total. The van der Waals surface area contributed by atoms with E-state index in [0.717, 1.165) is 11.6 Å². The molecule has 0 aliphatic heterocycles. The van der Waals surface area contributed by atoms with Crippen LogP contribution in [0.1, 0.15) is 5.56 Å². The Morgan fingerprint density at radius 3 is 2.67 bits per heavy atom. The van der Waals surface area contributed by atoms with Crippen LogP contribution in [0.4, 0.5) is 10.1 Å². The number of anilines is 1. The van der Waals surface area contributed by atoms with Crippen molar-refractivity contribution in [3.05, 3.63) is 57.8 Å². The topological polar surface area (TPSA) is 35.2 Å². The van der Waals surface area contributed by atoms with Crippen LogP contribution in [0.3, 0.4) is 0 Å². The lowest BCUT2D eigenvalue weighted by molar-refractivity contribution is 0.307. The summed E-state index contributed by atoms with van der Waals surface area (Å²) >= 11 is 11.5. The smallest absolute Gasteiger partial charge is 0.144 e. The van der Waals surface area contributed by atoms with Gasteiger partial charge in [-0.1, -0.05) is 35.3 Å². The summed E-state index contributed by atoms with van der Waals surface area (Å²) in [6, 6.07) is 9.73. The highest BCUT2D eigenvalue weighted by Crippen LogP contribution is 2.29. The normalized spacial score (nSPS) is 10.4. The van der Waals surface area contributed by atoms with Crippen molar-refractivity contribution in [3.63, 3.8) is 0 Å². The number of nitrogens with two attached hydrogens (primary N) is 1. The van der Waals surface area contributed by atoms with E-state index < -0.39 is 5.82 Å². The maximum atomic E-state index is 13.1. The van der Waals surface area contributed by atoms with Gasteiger partial charge >= 0.3 is 0 Å². The average Bonchev–Trinajstić information content (AvgIpc) is 2.32. The molecule has 0 aliphatic rings. The second-order valence-corrected chi connectivity index (χ2v) is 4.57. The maximum Gasteiger partial charge on any atom is 0.144 e. The van der Waals surface area contributed by atoms with E-state index in [-0.39, 0.29) is 17.3 Å². The Kier molecular flexibility index (Phi) is 3.94. The fraction of sp³-hybridized carbons (Fsp3) is 0.0769. The van der Waals surface area contributed by atoms with Crippen molar-refractivity contribution < 1.29 is 9.13 Å². The lowest BCUT2D eigenvalue weighted by Gasteiger charge is -2.10. The van der Waals surface area contributed by atoms with Crippen molar-refractivity contribution in [2.24, 2.45) is 0 Å². The molecule has 0 aromatic heterocycles. The summed E-state index contributed by atoms with van der Waals surface area (Å²) < 4.78 is 18.6. The van der Waals surface area contributed by atoms with Crippen LogP contribution in [-0.2, 0) is 6.61 Å². The Morgan fingerprint density at radius 1 is 1.17 bits per heavy atom. The van der Waals surface area contributed by atoms with Gasteiger partial charge in [-0.2, -0.15) is 0 Å². The number of rotatable bonds is 3. The summed E-state index contributed by atoms with van der Waals surface area (Å²) in [7, 11) is 0. The molecule has 5 heteroatoms. The molecule has 0 saturated carbocycles. The number of nitrogen functional groups attached to an aromatic ring is 1. The Hall–Kier alpha value is -1.45. The summed E-state index contributed by atoms with van der Waals surface area (Å²) in [6.45, 7) is 0.284. The van der Waals surface area contributed by atoms with Gasteiger partial charge in [0.2, 0.25) is 0 Å². The molecule has 94 valence electrons. The first-order valence-electron chi connectivity index (χ1n) is 5.18. The predicted molar refractivity (Wildman–Crippen MR) is 71.6 cm³/mol. The van der Waals surface area contributed by atoms with E-state index in [0.29, 0.717) is 10.8 Å². The van der Waals surface area contributed by atoms with E-state index in [1.54, 1.807) is 12.1 Å². The van der Waals surface area contributed by atoms with Gasteiger partial charge in [0.1, 0.15) is 18.2 Å². The third-order valence-electron chi connectivity index (χ3n) is 2.34. The molecule has 0 fully saturated rings. The number of halogens is 3. The van der Waals surface area contributed by atoms with E-state index in [1.165, 1.54) is 6.07 Å². The number of benzene rings is 2. The largest absolute Gasteiger partial charge is 0.487 e. The highest BCUT2D eigenvalue weighted by molar-refractivity contribution is 6.31. The Morgan fingerprint density at radius 2 is 1.94 bits per heavy atom. The van der Waals surface area contributed by atoms with Gasteiger partial charge in [0.25, 0.3) is 0 Å². The number of hydrogen-bond acceptors (Lipinski definition) is 2. The van der Waals surface area contributed by atoms with E-state index in [4.69, 9.17) is 33.7 Å². The minimum atomic E-state index is -0.565. The first-order chi connectivity index (χ1) is 8.56. The zero-order valence-electron chi connectivity index (χ0n) is 9.29. The van der Waals surface area contributed by atoms with Gasteiger partial charge in [0, 0.05) is 17.2 Å². The van der Waals surface area contributed by atoms with Crippen molar-refractivity contribution in [3.8, 4) is 5.75 Å². The highest BCUT2D eigenvalue weighted by atomic mass is 35.5. The minimum Gasteiger partial charge on any atom is -0.487 e. The molecule has 0 heterocycles. The molecular weight excluding hydrogens is 276 g/mol. The standard InChI is InChI=1S/C13H10Cl2FNO/c14-9-3-1-2-8(4-9)7-18-13-5-10(15)11(16)6-12(13)17/h1-6H,7,17H2. The van der Waals surface area contributed by atoms with Crippen molar-refractivity contribution in [2.75, 3.05) is 5.73 Å². The predicted octanol–water partition coefficient (Wildman–Crippen LogP) is 4.29. The third kappa shape index (κ3) is 3.06. The van der Waals surface area contributed by atoms with E-state index >= 15 is 0 Å². The minimum absolute atomic E-state index is 0.0229. The molecule has 0 amide bonds. The van der Waals surface area contributed by atoms with Crippen molar-refractivity contribution in [1.82, 2.24) is 0 Å². The quantitative estimate of drug-likeness (QED) is 0.854. The van der Waals surface area contributed by atoms with E-state index in [1.807, 2.05) is 12.1 Å². The van der Waals surface area contributed by atoms with Crippen LogP contribution in [0.2, 0.25) is 10.0 Å². The fourth-order valence-corrected chi connectivity index (χ4v) is 1.82. The number of ether oxygens (including phenoxy) is 1. The SMILES string of the molecule is Nc1cc(F)c(Cl)cc1OCc1cccc(Cl)c1. The van der Waals surface area contributed by atoms with Crippen LogP contribution < -0.4 is 10.5 Å². The molecule has 0 bridgehead atoms. The van der Waals surface area contributed by atoms with Gasteiger partial charge in [0.05, 0.1) is 10.7 Å². The Bertz CT molecular complexity index is 575. The second-order valence-electron chi connectivity index (χ2n) is 3.72. The summed E-state index contributed by atoms with van der Waals surface area (Å²) in [5.74, 6) is -0.217. The van der Waals surface area contributed by atoms with Crippen LogP contribution in [0.5, 0.6) is 5.75 Å². The zero-order chi connectivity index (χ0) is 13.1. The second kappa shape index (κ2) is 5.46. The third-order valence-corrected chi connectivity index (χ3v) is 2.86. The molecule has 0 saturated heterocycles. The molecule has 2 aromatic rings. The van der Waals surface area contributed by atoms with Gasteiger partial charge in [-0.05, 0) is 17.7 Å². The Labute approximate surface area is 114 Å². The van der Waals surface area contributed by atoms with E-state index in [2.05, 4.69) is 0 Å². The molecule has 0 aliphatic carbocycles. The molecular formula is C13H10Cl2FNO. The zero-order valence-corrected chi connectivity index (χ0v) is 10.8.